The minimum absolute atomic E-state index is 0.240. The summed E-state index contributed by atoms with van der Waals surface area (Å²) < 4.78 is 35.2. The number of aromatic nitrogens is 3. The number of hydrogen-bond donors (Lipinski definition) is 0. The molecule has 4 aromatic rings. The summed E-state index contributed by atoms with van der Waals surface area (Å²) in [5, 5.41) is 0.411. The number of carbonyl (C=O) groups is 1. The standard InChI is InChI=1S/C21H18F2N4O2S/c22-15-5-7-16(8-6-15)29-13-19(28)27(11-2-10-26-12-9-24-14-26)21-25-20-17(23)3-1-4-18(20)30-21/h1,3-9,12,14H,2,10-11,13H2. The smallest absolute Gasteiger partial charge is 0.266 e. The van der Waals surface area contributed by atoms with Crippen molar-refractivity contribution in [2.45, 2.75) is 13.0 Å². The number of imidazole rings is 1. The van der Waals surface area contributed by atoms with Crippen molar-refractivity contribution in [1.29, 1.82) is 0 Å². The molecule has 0 aliphatic rings. The summed E-state index contributed by atoms with van der Waals surface area (Å²) in [6.07, 6.45) is 5.89. The highest BCUT2D eigenvalue weighted by Crippen LogP contribution is 2.30. The van der Waals surface area contributed by atoms with Crippen molar-refractivity contribution in [1.82, 2.24) is 14.5 Å². The average molecular weight is 428 g/mol. The van der Waals surface area contributed by atoms with Gasteiger partial charge in [-0.15, -0.1) is 0 Å². The summed E-state index contributed by atoms with van der Waals surface area (Å²) in [7, 11) is 0. The van der Waals surface area contributed by atoms with E-state index < -0.39 is 5.82 Å². The van der Waals surface area contributed by atoms with Crippen LogP contribution in [0, 0.1) is 11.6 Å². The molecule has 2 heterocycles. The van der Waals surface area contributed by atoms with Crippen LogP contribution in [0.4, 0.5) is 13.9 Å². The molecular weight excluding hydrogens is 410 g/mol. The van der Waals surface area contributed by atoms with Gasteiger partial charge >= 0.3 is 0 Å². The Kier molecular flexibility index (Phi) is 5.99. The van der Waals surface area contributed by atoms with Crippen LogP contribution in [-0.4, -0.2) is 33.6 Å². The van der Waals surface area contributed by atoms with Gasteiger partial charge in [0.25, 0.3) is 5.91 Å². The van der Waals surface area contributed by atoms with Crippen LogP contribution in [0.2, 0.25) is 0 Å². The molecule has 6 nitrogen and oxygen atoms in total. The average Bonchev–Trinajstić information content (AvgIpc) is 3.41. The van der Waals surface area contributed by atoms with Gasteiger partial charge in [0.15, 0.2) is 11.7 Å². The molecule has 0 saturated carbocycles. The van der Waals surface area contributed by atoms with E-state index in [9.17, 15) is 13.6 Å². The molecule has 30 heavy (non-hydrogen) atoms. The number of thiazole rings is 1. The number of hydrogen-bond acceptors (Lipinski definition) is 5. The van der Waals surface area contributed by atoms with E-state index in [0.717, 1.165) is 0 Å². The molecular formula is C21H18F2N4O2S. The number of carbonyl (C=O) groups excluding carboxylic acids is 1. The maximum Gasteiger partial charge on any atom is 0.266 e. The Morgan fingerprint density at radius 2 is 2.00 bits per heavy atom. The SMILES string of the molecule is O=C(COc1ccc(F)cc1)N(CCCn1ccnc1)c1nc2c(F)cccc2s1. The number of amides is 1. The number of aryl methyl sites for hydroxylation is 1. The van der Waals surface area contributed by atoms with Crippen LogP contribution in [0.3, 0.4) is 0 Å². The van der Waals surface area contributed by atoms with Crippen molar-refractivity contribution in [3.05, 3.63) is 72.8 Å². The van der Waals surface area contributed by atoms with Crippen molar-refractivity contribution < 1.29 is 18.3 Å². The van der Waals surface area contributed by atoms with Gasteiger partial charge < -0.3 is 9.30 Å². The maximum atomic E-state index is 14.1. The quantitative estimate of drug-likeness (QED) is 0.421. The van der Waals surface area contributed by atoms with Crippen LogP contribution in [0.1, 0.15) is 6.42 Å². The van der Waals surface area contributed by atoms with Gasteiger partial charge in [0.1, 0.15) is 22.9 Å². The van der Waals surface area contributed by atoms with E-state index >= 15 is 0 Å². The maximum absolute atomic E-state index is 14.1. The molecule has 0 bridgehead atoms. The minimum Gasteiger partial charge on any atom is -0.484 e. The van der Waals surface area contributed by atoms with Crippen LogP contribution in [0.5, 0.6) is 5.75 Å². The molecule has 1 amide bonds. The van der Waals surface area contributed by atoms with Crippen LogP contribution < -0.4 is 9.64 Å². The lowest BCUT2D eigenvalue weighted by Gasteiger charge is -2.20. The molecule has 0 saturated heterocycles. The Morgan fingerprint density at radius 1 is 1.17 bits per heavy atom. The van der Waals surface area contributed by atoms with Crippen molar-refractivity contribution in [3.63, 3.8) is 0 Å². The molecule has 0 aliphatic carbocycles. The van der Waals surface area contributed by atoms with E-state index in [0.29, 0.717) is 35.1 Å². The third kappa shape index (κ3) is 4.62. The van der Waals surface area contributed by atoms with Crippen molar-refractivity contribution in [2.75, 3.05) is 18.1 Å². The number of benzene rings is 2. The number of para-hydroxylation sites is 1. The number of halogens is 2. The number of anilines is 1. The monoisotopic (exact) mass is 428 g/mol. The van der Waals surface area contributed by atoms with Crippen molar-refractivity contribution >= 4 is 32.6 Å². The van der Waals surface area contributed by atoms with Crippen molar-refractivity contribution in [2.24, 2.45) is 0 Å². The minimum atomic E-state index is -0.427. The fraction of sp³-hybridized carbons (Fsp3) is 0.190. The molecule has 0 atom stereocenters. The zero-order valence-electron chi connectivity index (χ0n) is 15.9. The molecule has 0 spiro atoms. The lowest BCUT2D eigenvalue weighted by atomic mass is 10.3. The second-order valence-electron chi connectivity index (χ2n) is 6.53. The summed E-state index contributed by atoms with van der Waals surface area (Å²) in [6, 6.07) is 10.2. The number of fused-ring (bicyclic) bond motifs is 1. The van der Waals surface area contributed by atoms with Gasteiger partial charge in [-0.05, 0) is 42.8 Å². The third-order valence-corrected chi connectivity index (χ3v) is 5.47. The molecule has 0 fully saturated rings. The zero-order valence-corrected chi connectivity index (χ0v) is 16.7. The van der Waals surface area contributed by atoms with Gasteiger partial charge in [-0.2, -0.15) is 0 Å². The predicted molar refractivity (Wildman–Crippen MR) is 111 cm³/mol. The number of ether oxygens (including phenoxy) is 1. The van der Waals surface area contributed by atoms with Gasteiger partial charge in [-0.3, -0.25) is 9.69 Å². The normalized spacial score (nSPS) is 11.0. The molecule has 0 N–H and O–H groups in total. The fourth-order valence-corrected chi connectivity index (χ4v) is 3.95. The van der Waals surface area contributed by atoms with Gasteiger partial charge in [0, 0.05) is 25.5 Å². The predicted octanol–water partition coefficient (Wildman–Crippen LogP) is 4.27. The summed E-state index contributed by atoms with van der Waals surface area (Å²) in [5.41, 5.74) is 0.240. The first-order valence-electron chi connectivity index (χ1n) is 9.30. The first kappa shape index (κ1) is 20.0. The lowest BCUT2D eigenvalue weighted by Crippen LogP contribution is -2.36. The second kappa shape index (κ2) is 9.00. The third-order valence-electron chi connectivity index (χ3n) is 4.42. The van der Waals surface area contributed by atoms with E-state index in [2.05, 4.69) is 9.97 Å². The molecule has 2 aromatic heterocycles. The highest BCUT2D eigenvalue weighted by Gasteiger charge is 2.21. The molecule has 2 aromatic carbocycles. The van der Waals surface area contributed by atoms with Gasteiger partial charge in [-0.25, -0.2) is 18.7 Å². The summed E-state index contributed by atoms with van der Waals surface area (Å²) in [5.74, 6) is -0.738. The molecule has 0 radical (unpaired) electrons. The highest BCUT2D eigenvalue weighted by atomic mass is 32.1. The second-order valence-corrected chi connectivity index (χ2v) is 7.53. The first-order valence-corrected chi connectivity index (χ1v) is 10.1. The molecule has 154 valence electrons. The van der Waals surface area contributed by atoms with E-state index in [1.54, 1.807) is 24.7 Å². The van der Waals surface area contributed by atoms with E-state index in [-0.39, 0.29) is 23.8 Å². The highest BCUT2D eigenvalue weighted by molar-refractivity contribution is 7.22. The van der Waals surface area contributed by atoms with Crippen LogP contribution in [0.15, 0.2) is 61.2 Å². The molecule has 9 heteroatoms. The topological polar surface area (TPSA) is 60.2 Å². The zero-order chi connectivity index (χ0) is 20.9. The number of nitrogens with zero attached hydrogens (tertiary/aromatic N) is 4. The van der Waals surface area contributed by atoms with Crippen LogP contribution in [0.25, 0.3) is 10.2 Å². The largest absolute Gasteiger partial charge is 0.484 e. The fourth-order valence-electron chi connectivity index (χ4n) is 2.93. The molecule has 0 aliphatic heterocycles. The Hall–Kier alpha value is -3.33. The van der Waals surface area contributed by atoms with Gasteiger partial charge in [-0.1, -0.05) is 17.4 Å². The Labute approximate surface area is 175 Å². The van der Waals surface area contributed by atoms with Crippen LogP contribution >= 0.6 is 11.3 Å². The van der Waals surface area contributed by atoms with E-state index in [4.69, 9.17) is 4.74 Å². The van der Waals surface area contributed by atoms with E-state index in [1.807, 2.05) is 10.8 Å². The van der Waals surface area contributed by atoms with Crippen molar-refractivity contribution in [3.8, 4) is 5.75 Å². The number of rotatable bonds is 8. The first-order chi connectivity index (χ1) is 14.6. The van der Waals surface area contributed by atoms with Gasteiger partial charge in [0.05, 0.1) is 11.0 Å². The Morgan fingerprint density at radius 3 is 2.73 bits per heavy atom. The molecule has 0 unspecified atom stereocenters. The lowest BCUT2D eigenvalue weighted by molar-refractivity contribution is -0.120. The van der Waals surface area contributed by atoms with Crippen LogP contribution in [-0.2, 0) is 11.3 Å². The van der Waals surface area contributed by atoms with Gasteiger partial charge in [0.2, 0.25) is 0 Å². The Bertz CT molecular complexity index is 1130. The summed E-state index contributed by atoms with van der Waals surface area (Å²) in [4.78, 5) is 22.8. The summed E-state index contributed by atoms with van der Waals surface area (Å²) in [6.45, 7) is 0.808. The van der Waals surface area contributed by atoms with E-state index in [1.165, 1.54) is 46.6 Å². The summed E-state index contributed by atoms with van der Waals surface area (Å²) >= 11 is 1.25. The molecule has 4 rings (SSSR count). The Balaban J connectivity index is 1.51.